The molecule has 0 spiro atoms. The Kier molecular flexibility index (Phi) is 10.9. The molecule has 2 fully saturated rings. The summed E-state index contributed by atoms with van der Waals surface area (Å²) in [5.74, 6) is 2.16. The third kappa shape index (κ3) is 7.76. The molecule has 0 heterocycles. The molecular weight excluding hydrogens is 369 g/mol. The highest BCUT2D eigenvalue weighted by atomic mass is 19.4. The lowest BCUT2D eigenvalue weighted by atomic mass is 9.62. The molecule has 0 atom stereocenters. The molecule has 3 heteroatoms. The minimum Gasteiger partial charge on any atom is -0.171 e. The van der Waals surface area contributed by atoms with Gasteiger partial charge in [0.05, 0.1) is 5.41 Å². The second-order valence-corrected chi connectivity index (χ2v) is 10.4. The van der Waals surface area contributed by atoms with E-state index in [1.165, 1.54) is 57.8 Å². The molecule has 2 rings (SSSR count). The summed E-state index contributed by atoms with van der Waals surface area (Å²) in [6.07, 6.45) is 15.9. The van der Waals surface area contributed by atoms with E-state index in [0.29, 0.717) is 31.1 Å². The predicted octanol–water partition coefficient (Wildman–Crippen LogP) is 9.86. The summed E-state index contributed by atoms with van der Waals surface area (Å²) in [6.45, 7) is 4.41. The van der Waals surface area contributed by atoms with E-state index in [-0.39, 0.29) is 0 Å². The van der Waals surface area contributed by atoms with Crippen LogP contribution in [0, 0.1) is 23.2 Å². The van der Waals surface area contributed by atoms with Gasteiger partial charge in [0.2, 0.25) is 0 Å². The van der Waals surface area contributed by atoms with Gasteiger partial charge in [-0.25, -0.2) is 0 Å². The molecule has 2 saturated carbocycles. The Morgan fingerprint density at radius 2 is 1.17 bits per heavy atom. The number of rotatable bonds is 12. The summed E-state index contributed by atoms with van der Waals surface area (Å²) >= 11 is 0. The molecule has 0 bridgehead atoms. The maximum absolute atomic E-state index is 14.0. The van der Waals surface area contributed by atoms with Crippen molar-refractivity contribution in [2.45, 2.75) is 142 Å². The minimum atomic E-state index is -4.02. The molecule has 0 amide bonds. The van der Waals surface area contributed by atoms with Crippen LogP contribution in [0.2, 0.25) is 0 Å². The Morgan fingerprint density at radius 3 is 1.72 bits per heavy atom. The van der Waals surface area contributed by atoms with Gasteiger partial charge in [-0.15, -0.1) is 0 Å². The van der Waals surface area contributed by atoms with Crippen molar-refractivity contribution in [3.8, 4) is 0 Å². The van der Waals surface area contributed by atoms with Gasteiger partial charge in [0.1, 0.15) is 0 Å². The molecule has 0 radical (unpaired) electrons. The van der Waals surface area contributed by atoms with Gasteiger partial charge < -0.3 is 0 Å². The van der Waals surface area contributed by atoms with Crippen LogP contribution in [0.5, 0.6) is 0 Å². The first-order chi connectivity index (χ1) is 13.9. The summed E-state index contributed by atoms with van der Waals surface area (Å²) in [6, 6.07) is 0. The Balaban J connectivity index is 1.74. The van der Waals surface area contributed by atoms with Crippen LogP contribution >= 0.6 is 0 Å². The second kappa shape index (κ2) is 12.6. The zero-order chi connectivity index (χ0) is 21.2. The molecule has 0 saturated heterocycles. The first-order valence-electron chi connectivity index (χ1n) is 13.0. The lowest BCUT2D eigenvalue weighted by Crippen LogP contribution is -2.42. The van der Waals surface area contributed by atoms with Crippen molar-refractivity contribution in [1.29, 1.82) is 0 Å². The molecule has 0 aromatic heterocycles. The third-order valence-corrected chi connectivity index (χ3v) is 8.37. The molecule has 0 aliphatic heterocycles. The Labute approximate surface area is 178 Å². The third-order valence-electron chi connectivity index (χ3n) is 8.37. The van der Waals surface area contributed by atoms with Crippen LogP contribution in [0.4, 0.5) is 13.2 Å². The maximum atomic E-state index is 14.0. The Morgan fingerprint density at radius 1 is 0.655 bits per heavy atom. The quantitative estimate of drug-likeness (QED) is 0.278. The SMILES string of the molecule is CCCCCCCC1(C(F)(F)F)CCC(C2CCC(CCCCCC)CC2)CC1. The van der Waals surface area contributed by atoms with E-state index in [1.807, 2.05) is 0 Å². The van der Waals surface area contributed by atoms with Crippen molar-refractivity contribution in [2.75, 3.05) is 0 Å². The van der Waals surface area contributed by atoms with Crippen LogP contribution in [-0.2, 0) is 0 Å². The zero-order valence-electron chi connectivity index (χ0n) is 19.3. The number of hydrogen-bond donors (Lipinski definition) is 0. The summed E-state index contributed by atoms with van der Waals surface area (Å²) in [7, 11) is 0. The van der Waals surface area contributed by atoms with Crippen LogP contribution < -0.4 is 0 Å². The summed E-state index contributed by atoms with van der Waals surface area (Å²) < 4.78 is 41.9. The minimum absolute atomic E-state index is 0.372. The largest absolute Gasteiger partial charge is 0.394 e. The first-order valence-corrected chi connectivity index (χ1v) is 13.0. The van der Waals surface area contributed by atoms with E-state index < -0.39 is 11.6 Å². The van der Waals surface area contributed by atoms with Crippen LogP contribution in [0.15, 0.2) is 0 Å². The molecule has 0 unspecified atom stereocenters. The lowest BCUT2D eigenvalue weighted by molar-refractivity contribution is -0.241. The Bertz CT molecular complexity index is 412. The van der Waals surface area contributed by atoms with E-state index in [9.17, 15) is 13.2 Å². The van der Waals surface area contributed by atoms with Crippen molar-refractivity contribution < 1.29 is 13.2 Å². The van der Waals surface area contributed by atoms with Gasteiger partial charge in [0.15, 0.2) is 0 Å². The molecule has 172 valence electrons. The molecular formula is C26H47F3. The normalized spacial score (nSPS) is 31.1. The zero-order valence-corrected chi connectivity index (χ0v) is 19.3. The van der Waals surface area contributed by atoms with Gasteiger partial charge in [-0.2, -0.15) is 13.2 Å². The van der Waals surface area contributed by atoms with Crippen molar-refractivity contribution in [3.63, 3.8) is 0 Å². The van der Waals surface area contributed by atoms with E-state index in [1.54, 1.807) is 0 Å². The highest BCUT2D eigenvalue weighted by Gasteiger charge is 2.55. The molecule has 0 N–H and O–H groups in total. The summed E-state index contributed by atoms with van der Waals surface area (Å²) in [5.41, 5.74) is -1.37. The number of alkyl halides is 3. The Hall–Kier alpha value is -0.210. The van der Waals surface area contributed by atoms with Crippen molar-refractivity contribution in [3.05, 3.63) is 0 Å². The fraction of sp³-hybridized carbons (Fsp3) is 1.00. The van der Waals surface area contributed by atoms with Gasteiger partial charge >= 0.3 is 6.18 Å². The highest BCUT2D eigenvalue weighted by molar-refractivity contribution is 4.93. The van der Waals surface area contributed by atoms with Crippen LogP contribution in [-0.4, -0.2) is 6.18 Å². The fourth-order valence-corrected chi connectivity index (χ4v) is 6.21. The maximum Gasteiger partial charge on any atom is 0.394 e. The van der Waals surface area contributed by atoms with Gasteiger partial charge in [-0.1, -0.05) is 90.9 Å². The molecule has 2 aliphatic rings. The fourth-order valence-electron chi connectivity index (χ4n) is 6.21. The van der Waals surface area contributed by atoms with Crippen molar-refractivity contribution in [2.24, 2.45) is 23.2 Å². The smallest absolute Gasteiger partial charge is 0.171 e. The van der Waals surface area contributed by atoms with Gasteiger partial charge in [0, 0.05) is 0 Å². The number of hydrogen-bond acceptors (Lipinski definition) is 0. The molecule has 29 heavy (non-hydrogen) atoms. The molecule has 0 aromatic rings. The van der Waals surface area contributed by atoms with Crippen molar-refractivity contribution in [1.82, 2.24) is 0 Å². The standard InChI is InChI=1S/C26H47F3/c1-3-5-7-9-11-19-25(26(27,28)29)20-17-24(18-21-25)23-15-13-22(14-16-23)12-10-8-6-4-2/h22-24H,3-21H2,1-2H3. The van der Waals surface area contributed by atoms with Crippen LogP contribution in [0.1, 0.15) is 136 Å². The average molecular weight is 417 g/mol. The van der Waals surface area contributed by atoms with Gasteiger partial charge in [0.25, 0.3) is 0 Å². The monoisotopic (exact) mass is 416 g/mol. The first kappa shape index (κ1) is 25.1. The molecule has 2 aliphatic carbocycles. The number of unbranched alkanes of at least 4 members (excludes halogenated alkanes) is 7. The van der Waals surface area contributed by atoms with Crippen molar-refractivity contribution >= 4 is 0 Å². The van der Waals surface area contributed by atoms with Crippen LogP contribution in [0.25, 0.3) is 0 Å². The predicted molar refractivity (Wildman–Crippen MR) is 118 cm³/mol. The van der Waals surface area contributed by atoms with E-state index in [2.05, 4.69) is 13.8 Å². The second-order valence-electron chi connectivity index (χ2n) is 10.4. The van der Waals surface area contributed by atoms with E-state index in [4.69, 9.17) is 0 Å². The van der Waals surface area contributed by atoms with E-state index in [0.717, 1.165) is 50.9 Å². The van der Waals surface area contributed by atoms with E-state index >= 15 is 0 Å². The summed E-state index contributed by atoms with van der Waals surface area (Å²) in [4.78, 5) is 0. The van der Waals surface area contributed by atoms with Gasteiger partial charge in [-0.3, -0.25) is 0 Å². The number of halogens is 3. The molecule has 0 aromatic carbocycles. The topological polar surface area (TPSA) is 0 Å². The lowest BCUT2D eigenvalue weighted by Gasteiger charge is -2.44. The van der Waals surface area contributed by atoms with Gasteiger partial charge in [-0.05, 0) is 62.7 Å². The highest BCUT2D eigenvalue weighted by Crippen LogP contribution is 2.55. The summed E-state index contributed by atoms with van der Waals surface area (Å²) in [5, 5.41) is 0. The van der Waals surface area contributed by atoms with Crippen LogP contribution in [0.3, 0.4) is 0 Å². The molecule has 0 nitrogen and oxygen atoms in total. The average Bonchev–Trinajstić information content (AvgIpc) is 2.71.